The summed E-state index contributed by atoms with van der Waals surface area (Å²) >= 11 is 0. The molecule has 0 aromatic heterocycles. The van der Waals surface area contributed by atoms with E-state index in [0.29, 0.717) is 18.9 Å². The number of amides is 1. The molecule has 0 heterocycles. The summed E-state index contributed by atoms with van der Waals surface area (Å²) in [7, 11) is 0. The second kappa shape index (κ2) is 6.80. The molecule has 0 radical (unpaired) electrons. The standard InChI is InChI=1S/C14H25NO2/c1-14(2,8-5-9-16)11-15-13(17)10-12-6-3-4-7-12/h3,6,12,16H,4-5,7-11H2,1-2H3,(H,15,17). The molecule has 3 heteroatoms. The Balaban J connectivity index is 2.19. The maximum absolute atomic E-state index is 11.7. The molecule has 1 unspecified atom stereocenters. The largest absolute Gasteiger partial charge is 0.396 e. The Morgan fingerprint density at radius 1 is 1.53 bits per heavy atom. The predicted octanol–water partition coefficient (Wildman–Crippen LogP) is 2.26. The Hall–Kier alpha value is -0.830. The summed E-state index contributed by atoms with van der Waals surface area (Å²) in [6, 6.07) is 0. The van der Waals surface area contributed by atoms with Crippen molar-refractivity contribution in [2.45, 2.75) is 46.0 Å². The molecule has 0 aromatic carbocycles. The van der Waals surface area contributed by atoms with Crippen LogP contribution in [0.4, 0.5) is 0 Å². The van der Waals surface area contributed by atoms with Gasteiger partial charge >= 0.3 is 0 Å². The van der Waals surface area contributed by atoms with Crippen LogP contribution in [0.5, 0.6) is 0 Å². The minimum Gasteiger partial charge on any atom is -0.396 e. The average molecular weight is 239 g/mol. The van der Waals surface area contributed by atoms with Gasteiger partial charge < -0.3 is 10.4 Å². The Labute approximate surface area is 104 Å². The van der Waals surface area contributed by atoms with Crippen molar-refractivity contribution in [2.75, 3.05) is 13.2 Å². The van der Waals surface area contributed by atoms with E-state index in [1.807, 2.05) is 0 Å². The smallest absolute Gasteiger partial charge is 0.220 e. The third-order valence-electron chi connectivity index (χ3n) is 3.34. The molecular weight excluding hydrogens is 214 g/mol. The molecule has 1 atom stereocenters. The highest BCUT2D eigenvalue weighted by atomic mass is 16.2. The molecule has 0 aliphatic heterocycles. The Kier molecular flexibility index (Phi) is 5.69. The van der Waals surface area contributed by atoms with Crippen LogP contribution in [0.3, 0.4) is 0 Å². The number of aliphatic hydroxyl groups is 1. The highest BCUT2D eigenvalue weighted by Crippen LogP contribution is 2.22. The molecule has 3 nitrogen and oxygen atoms in total. The highest BCUT2D eigenvalue weighted by molar-refractivity contribution is 5.76. The van der Waals surface area contributed by atoms with Gasteiger partial charge in [0, 0.05) is 19.6 Å². The van der Waals surface area contributed by atoms with Gasteiger partial charge in [-0.1, -0.05) is 26.0 Å². The fourth-order valence-electron chi connectivity index (χ4n) is 2.16. The van der Waals surface area contributed by atoms with Crippen molar-refractivity contribution in [3.8, 4) is 0 Å². The SMILES string of the molecule is CC(C)(CCCO)CNC(=O)CC1C=CCC1. The van der Waals surface area contributed by atoms with Gasteiger partial charge in [0.1, 0.15) is 0 Å². The van der Waals surface area contributed by atoms with E-state index in [-0.39, 0.29) is 17.9 Å². The molecule has 1 rings (SSSR count). The fourth-order valence-corrected chi connectivity index (χ4v) is 2.16. The number of aliphatic hydroxyl groups excluding tert-OH is 1. The lowest BCUT2D eigenvalue weighted by atomic mass is 9.88. The lowest BCUT2D eigenvalue weighted by Crippen LogP contribution is -2.34. The van der Waals surface area contributed by atoms with Crippen molar-refractivity contribution >= 4 is 5.91 Å². The van der Waals surface area contributed by atoms with Crippen molar-refractivity contribution in [1.29, 1.82) is 0 Å². The van der Waals surface area contributed by atoms with Gasteiger partial charge in [-0.05, 0) is 37.0 Å². The summed E-state index contributed by atoms with van der Waals surface area (Å²) in [4.78, 5) is 11.7. The molecule has 1 aliphatic carbocycles. The molecule has 17 heavy (non-hydrogen) atoms. The number of hydrogen-bond donors (Lipinski definition) is 2. The van der Waals surface area contributed by atoms with Crippen LogP contribution in [-0.2, 0) is 4.79 Å². The molecule has 0 spiro atoms. The zero-order valence-electron chi connectivity index (χ0n) is 11.0. The number of allylic oxidation sites excluding steroid dienone is 2. The van der Waals surface area contributed by atoms with Crippen molar-refractivity contribution in [2.24, 2.45) is 11.3 Å². The number of hydrogen-bond acceptors (Lipinski definition) is 2. The molecule has 0 fully saturated rings. The van der Waals surface area contributed by atoms with E-state index in [9.17, 15) is 4.79 Å². The van der Waals surface area contributed by atoms with Gasteiger partial charge in [-0.3, -0.25) is 4.79 Å². The van der Waals surface area contributed by atoms with E-state index >= 15 is 0 Å². The Morgan fingerprint density at radius 2 is 2.29 bits per heavy atom. The molecule has 2 N–H and O–H groups in total. The summed E-state index contributed by atoms with van der Waals surface area (Å²) in [5.41, 5.74) is 0.0733. The molecule has 0 bridgehead atoms. The number of nitrogens with one attached hydrogen (secondary N) is 1. The zero-order valence-corrected chi connectivity index (χ0v) is 11.0. The third kappa shape index (κ3) is 5.87. The van der Waals surface area contributed by atoms with E-state index in [4.69, 9.17) is 5.11 Å². The first-order valence-corrected chi connectivity index (χ1v) is 6.58. The minimum atomic E-state index is 0.0733. The fraction of sp³-hybridized carbons (Fsp3) is 0.786. The summed E-state index contributed by atoms with van der Waals surface area (Å²) in [6.07, 6.45) is 8.88. The van der Waals surface area contributed by atoms with Crippen LogP contribution < -0.4 is 5.32 Å². The van der Waals surface area contributed by atoms with Crippen LogP contribution in [-0.4, -0.2) is 24.2 Å². The van der Waals surface area contributed by atoms with E-state index in [0.717, 1.165) is 25.7 Å². The monoisotopic (exact) mass is 239 g/mol. The topological polar surface area (TPSA) is 49.3 Å². The highest BCUT2D eigenvalue weighted by Gasteiger charge is 2.19. The van der Waals surface area contributed by atoms with Crippen molar-refractivity contribution in [3.63, 3.8) is 0 Å². The van der Waals surface area contributed by atoms with Gasteiger partial charge in [0.2, 0.25) is 5.91 Å². The summed E-state index contributed by atoms with van der Waals surface area (Å²) < 4.78 is 0. The Morgan fingerprint density at radius 3 is 2.88 bits per heavy atom. The second-order valence-corrected chi connectivity index (χ2v) is 5.74. The van der Waals surface area contributed by atoms with E-state index in [1.165, 1.54) is 0 Å². The second-order valence-electron chi connectivity index (χ2n) is 5.74. The van der Waals surface area contributed by atoms with Crippen molar-refractivity contribution in [3.05, 3.63) is 12.2 Å². The number of rotatable bonds is 7. The zero-order chi connectivity index (χ0) is 12.7. The molecule has 1 amide bonds. The number of carbonyl (C=O) groups excluding carboxylic acids is 1. The summed E-state index contributed by atoms with van der Waals surface area (Å²) in [6.45, 7) is 5.17. The van der Waals surface area contributed by atoms with Gasteiger partial charge in [-0.25, -0.2) is 0 Å². The molecule has 0 aromatic rings. The van der Waals surface area contributed by atoms with Crippen LogP contribution in [0.25, 0.3) is 0 Å². The van der Waals surface area contributed by atoms with Crippen LogP contribution in [0, 0.1) is 11.3 Å². The minimum absolute atomic E-state index is 0.0733. The first-order valence-electron chi connectivity index (χ1n) is 6.58. The normalized spacial score (nSPS) is 19.6. The quantitative estimate of drug-likeness (QED) is 0.669. The van der Waals surface area contributed by atoms with Crippen LogP contribution in [0.1, 0.15) is 46.0 Å². The van der Waals surface area contributed by atoms with Crippen LogP contribution in [0.2, 0.25) is 0 Å². The summed E-state index contributed by atoms with van der Waals surface area (Å²) in [5, 5.41) is 11.8. The molecular formula is C14H25NO2. The van der Waals surface area contributed by atoms with Gasteiger partial charge in [0.25, 0.3) is 0 Å². The molecule has 0 saturated carbocycles. The van der Waals surface area contributed by atoms with Gasteiger partial charge in [0.15, 0.2) is 0 Å². The lowest BCUT2D eigenvalue weighted by Gasteiger charge is -2.24. The Bertz CT molecular complexity index is 271. The third-order valence-corrected chi connectivity index (χ3v) is 3.34. The van der Waals surface area contributed by atoms with E-state index in [1.54, 1.807) is 0 Å². The molecule has 0 saturated heterocycles. The average Bonchev–Trinajstić information content (AvgIpc) is 2.77. The van der Waals surface area contributed by atoms with Gasteiger partial charge in [0.05, 0.1) is 0 Å². The van der Waals surface area contributed by atoms with Crippen LogP contribution in [0.15, 0.2) is 12.2 Å². The predicted molar refractivity (Wildman–Crippen MR) is 69.6 cm³/mol. The number of carbonyl (C=O) groups is 1. The van der Waals surface area contributed by atoms with Crippen LogP contribution >= 0.6 is 0 Å². The lowest BCUT2D eigenvalue weighted by molar-refractivity contribution is -0.122. The van der Waals surface area contributed by atoms with Gasteiger partial charge in [-0.2, -0.15) is 0 Å². The van der Waals surface area contributed by atoms with E-state index < -0.39 is 0 Å². The van der Waals surface area contributed by atoms with Gasteiger partial charge in [-0.15, -0.1) is 0 Å². The van der Waals surface area contributed by atoms with Crippen molar-refractivity contribution < 1.29 is 9.90 Å². The van der Waals surface area contributed by atoms with Crippen molar-refractivity contribution in [1.82, 2.24) is 5.32 Å². The summed E-state index contributed by atoms with van der Waals surface area (Å²) in [5.74, 6) is 0.592. The molecule has 98 valence electrons. The first-order chi connectivity index (χ1) is 8.03. The van der Waals surface area contributed by atoms with E-state index in [2.05, 4.69) is 31.3 Å². The maximum Gasteiger partial charge on any atom is 0.220 e. The molecule has 1 aliphatic rings. The maximum atomic E-state index is 11.7. The first kappa shape index (κ1) is 14.2.